The summed E-state index contributed by atoms with van der Waals surface area (Å²) in [5, 5.41) is 0.118. The third kappa shape index (κ3) is 4.15. The zero-order chi connectivity index (χ0) is 14.6. The van der Waals surface area contributed by atoms with Crippen LogP contribution in [0.5, 0.6) is 0 Å². The predicted octanol–water partition coefficient (Wildman–Crippen LogP) is 2.11. The largest absolute Gasteiger partial charge is 0.381 e. The minimum atomic E-state index is -3.34. The Morgan fingerprint density at radius 3 is 2.95 bits per heavy atom. The van der Waals surface area contributed by atoms with Crippen molar-refractivity contribution in [2.24, 2.45) is 0 Å². The predicted molar refractivity (Wildman–Crippen MR) is 78.1 cm³/mol. The van der Waals surface area contributed by atoms with Crippen LogP contribution in [0.2, 0.25) is 5.02 Å². The molecule has 2 unspecified atom stereocenters. The van der Waals surface area contributed by atoms with E-state index in [1.165, 1.54) is 6.20 Å². The molecule has 1 N–H and O–H groups in total. The first kappa shape index (κ1) is 15.7. The maximum atomic E-state index is 12.3. The van der Waals surface area contributed by atoms with Crippen molar-refractivity contribution in [3.8, 4) is 0 Å². The molecule has 1 fully saturated rings. The van der Waals surface area contributed by atoms with Crippen LogP contribution in [0.4, 0.5) is 0 Å². The number of rotatable bonds is 5. The third-order valence-electron chi connectivity index (χ3n) is 3.59. The average Bonchev–Trinajstić information content (AvgIpc) is 2.45. The van der Waals surface area contributed by atoms with E-state index in [0.29, 0.717) is 17.9 Å². The molecule has 0 radical (unpaired) electrons. The minimum Gasteiger partial charge on any atom is -0.381 e. The van der Waals surface area contributed by atoms with Crippen LogP contribution in [0.1, 0.15) is 31.2 Å². The molecule has 7 heteroatoms. The number of aromatic nitrogens is 1. The number of nitrogens with zero attached hydrogens (tertiary/aromatic N) is 1. The van der Waals surface area contributed by atoms with Gasteiger partial charge in [-0.15, -0.1) is 0 Å². The van der Waals surface area contributed by atoms with Crippen LogP contribution in [0.3, 0.4) is 0 Å². The molecule has 112 valence electrons. The van der Waals surface area contributed by atoms with Gasteiger partial charge in [-0.3, -0.25) is 4.98 Å². The van der Waals surface area contributed by atoms with E-state index >= 15 is 0 Å². The van der Waals surface area contributed by atoms with Crippen molar-refractivity contribution in [3.63, 3.8) is 0 Å². The molecule has 1 aliphatic carbocycles. The van der Waals surface area contributed by atoms with Crippen LogP contribution in [-0.4, -0.2) is 31.9 Å². The second-order valence-electron chi connectivity index (χ2n) is 5.02. The molecule has 1 aliphatic rings. The fourth-order valence-electron chi connectivity index (χ4n) is 2.45. The summed E-state index contributed by atoms with van der Waals surface area (Å²) in [4.78, 5) is 3.94. The van der Waals surface area contributed by atoms with Crippen LogP contribution in [0, 0.1) is 0 Å². The quantitative estimate of drug-likeness (QED) is 0.903. The molecule has 20 heavy (non-hydrogen) atoms. The van der Waals surface area contributed by atoms with Crippen LogP contribution in [0.15, 0.2) is 18.5 Å². The lowest BCUT2D eigenvalue weighted by Crippen LogP contribution is -2.39. The summed E-state index contributed by atoms with van der Waals surface area (Å²) < 4.78 is 32.5. The number of hydrogen-bond acceptors (Lipinski definition) is 4. The fraction of sp³-hybridized carbons (Fsp3) is 0.615. The number of halogens is 1. The lowest BCUT2D eigenvalue weighted by atomic mass is 9.97. The summed E-state index contributed by atoms with van der Waals surface area (Å²) in [6.07, 6.45) is 6.21. The molecule has 5 nitrogen and oxygen atoms in total. The van der Waals surface area contributed by atoms with Crippen molar-refractivity contribution >= 4 is 21.6 Å². The Kier molecular flexibility index (Phi) is 5.37. The Balaban J connectivity index is 1.97. The highest BCUT2D eigenvalue weighted by molar-refractivity contribution is 7.90. The van der Waals surface area contributed by atoms with Gasteiger partial charge in [0.05, 0.1) is 16.4 Å². The molecule has 0 amide bonds. The fourth-order valence-corrected chi connectivity index (χ4v) is 4.20. The average molecular weight is 319 g/mol. The Labute approximate surface area is 124 Å². The minimum absolute atomic E-state index is 0.0400. The molecule has 2 atom stereocenters. The van der Waals surface area contributed by atoms with Gasteiger partial charge in [-0.2, -0.15) is 0 Å². The first-order valence-corrected chi connectivity index (χ1v) is 8.54. The van der Waals surface area contributed by atoms with E-state index in [9.17, 15) is 8.42 Å². The summed E-state index contributed by atoms with van der Waals surface area (Å²) in [5.74, 6) is 0. The van der Waals surface area contributed by atoms with Crippen LogP contribution in [0.25, 0.3) is 0 Å². The molecule has 2 rings (SSSR count). The second-order valence-corrected chi connectivity index (χ2v) is 7.51. The number of methoxy groups -OCH3 is 1. The van der Waals surface area contributed by atoms with E-state index in [2.05, 4.69) is 9.71 Å². The van der Waals surface area contributed by atoms with Crippen molar-refractivity contribution < 1.29 is 13.2 Å². The molecular weight excluding hydrogens is 300 g/mol. The Hall–Kier alpha value is -0.690. The number of pyridine rings is 1. The Bertz CT molecular complexity index is 550. The molecular formula is C13H19ClN2O3S. The van der Waals surface area contributed by atoms with Gasteiger partial charge in [-0.25, -0.2) is 13.1 Å². The highest BCUT2D eigenvalue weighted by atomic mass is 35.5. The van der Waals surface area contributed by atoms with Gasteiger partial charge in [0.2, 0.25) is 10.0 Å². The second kappa shape index (κ2) is 6.85. The zero-order valence-electron chi connectivity index (χ0n) is 11.4. The van der Waals surface area contributed by atoms with Gasteiger partial charge in [-0.1, -0.05) is 11.6 Å². The van der Waals surface area contributed by atoms with E-state index in [4.69, 9.17) is 16.3 Å². The smallest absolute Gasteiger partial charge is 0.214 e. The Morgan fingerprint density at radius 1 is 1.45 bits per heavy atom. The zero-order valence-corrected chi connectivity index (χ0v) is 13.0. The van der Waals surface area contributed by atoms with Gasteiger partial charge in [0, 0.05) is 26.0 Å². The lowest BCUT2D eigenvalue weighted by molar-refractivity contribution is 0.0719. The van der Waals surface area contributed by atoms with Crippen LogP contribution in [-0.2, 0) is 21.3 Å². The van der Waals surface area contributed by atoms with Gasteiger partial charge in [0.15, 0.2) is 0 Å². The molecule has 1 aromatic rings. The summed E-state index contributed by atoms with van der Waals surface area (Å²) >= 11 is 5.83. The summed E-state index contributed by atoms with van der Waals surface area (Å²) in [6, 6.07) is 1.70. The molecule has 1 heterocycles. The van der Waals surface area contributed by atoms with Crippen LogP contribution < -0.4 is 4.72 Å². The van der Waals surface area contributed by atoms with Gasteiger partial charge in [-0.05, 0) is 37.3 Å². The molecule has 1 aromatic heterocycles. The summed E-state index contributed by atoms with van der Waals surface area (Å²) in [5.41, 5.74) is 0.750. The van der Waals surface area contributed by atoms with Crippen molar-refractivity contribution in [1.82, 2.24) is 9.71 Å². The highest BCUT2D eigenvalue weighted by Crippen LogP contribution is 2.25. The van der Waals surface area contributed by atoms with E-state index in [0.717, 1.165) is 18.4 Å². The first-order chi connectivity index (χ1) is 9.51. The van der Waals surface area contributed by atoms with E-state index < -0.39 is 10.0 Å². The summed E-state index contributed by atoms with van der Waals surface area (Å²) in [6.45, 7) is 0.212. The highest BCUT2D eigenvalue weighted by Gasteiger charge is 2.31. The van der Waals surface area contributed by atoms with E-state index in [-0.39, 0.29) is 17.9 Å². The van der Waals surface area contributed by atoms with Crippen molar-refractivity contribution in [2.75, 3.05) is 7.11 Å². The molecule has 0 aliphatic heterocycles. The first-order valence-electron chi connectivity index (χ1n) is 6.62. The third-order valence-corrected chi connectivity index (χ3v) is 5.65. The van der Waals surface area contributed by atoms with Gasteiger partial charge < -0.3 is 4.74 Å². The van der Waals surface area contributed by atoms with Gasteiger partial charge in [0.25, 0.3) is 0 Å². The molecule has 0 saturated heterocycles. The normalized spacial score (nSPS) is 23.7. The standard InChI is InChI=1S/C13H19ClN2O3S/c1-19-12-3-2-4-13(6-12)20(17,18)16-8-10-5-11(14)9-15-7-10/h5,7,9,12-13,16H,2-4,6,8H2,1H3. The Morgan fingerprint density at radius 2 is 2.25 bits per heavy atom. The maximum absolute atomic E-state index is 12.3. The maximum Gasteiger partial charge on any atom is 0.214 e. The number of nitrogens with one attached hydrogen (secondary N) is 1. The number of ether oxygens (including phenoxy) is 1. The number of sulfonamides is 1. The molecule has 0 spiro atoms. The van der Waals surface area contributed by atoms with E-state index in [1.54, 1.807) is 19.4 Å². The van der Waals surface area contributed by atoms with Gasteiger partial charge >= 0.3 is 0 Å². The number of hydrogen-bond donors (Lipinski definition) is 1. The topological polar surface area (TPSA) is 68.3 Å². The molecule has 0 aromatic carbocycles. The monoisotopic (exact) mass is 318 g/mol. The van der Waals surface area contributed by atoms with Crippen molar-refractivity contribution in [2.45, 2.75) is 43.6 Å². The molecule has 1 saturated carbocycles. The molecule has 0 bridgehead atoms. The van der Waals surface area contributed by atoms with Gasteiger partial charge in [0.1, 0.15) is 0 Å². The summed E-state index contributed by atoms with van der Waals surface area (Å²) in [7, 11) is -1.71. The SMILES string of the molecule is COC1CCCC(S(=O)(=O)NCc2cncc(Cl)c2)C1. The van der Waals surface area contributed by atoms with Crippen molar-refractivity contribution in [3.05, 3.63) is 29.0 Å². The van der Waals surface area contributed by atoms with Crippen LogP contribution >= 0.6 is 11.6 Å². The van der Waals surface area contributed by atoms with Crippen molar-refractivity contribution in [1.29, 1.82) is 0 Å². The lowest BCUT2D eigenvalue weighted by Gasteiger charge is -2.28. The van der Waals surface area contributed by atoms with E-state index in [1.807, 2.05) is 0 Å².